The van der Waals surface area contributed by atoms with Crippen molar-refractivity contribution in [2.24, 2.45) is 5.92 Å². The Hall–Kier alpha value is -0.260. The Morgan fingerprint density at radius 1 is 1.38 bits per heavy atom. The van der Waals surface area contributed by atoms with E-state index in [-0.39, 0.29) is 5.91 Å². The summed E-state index contributed by atoms with van der Waals surface area (Å²) < 4.78 is 0. The summed E-state index contributed by atoms with van der Waals surface area (Å²) in [7, 11) is 0. The third-order valence-corrected chi connectivity index (χ3v) is 5.58. The average Bonchev–Trinajstić information content (AvgIpc) is 2.46. The lowest BCUT2D eigenvalue weighted by molar-refractivity contribution is -0.140. The highest BCUT2D eigenvalue weighted by Gasteiger charge is 2.37. The van der Waals surface area contributed by atoms with Gasteiger partial charge in [-0.3, -0.25) is 9.69 Å². The lowest BCUT2D eigenvalue weighted by atomic mass is 9.95. The standard InChI is InChI=1S/C16H30N2O2S/c1-13(2)12-18-8-4-3-5-14(18)11-17-15(19)16(20)6-9-21-10-7-16/h13-14,20H,3-12H2,1-2H3,(H,17,19). The van der Waals surface area contributed by atoms with E-state index in [9.17, 15) is 9.90 Å². The molecular weight excluding hydrogens is 284 g/mol. The van der Waals surface area contributed by atoms with Gasteiger partial charge in [-0.25, -0.2) is 0 Å². The fraction of sp³-hybridized carbons (Fsp3) is 0.938. The molecule has 1 amide bonds. The number of amides is 1. The summed E-state index contributed by atoms with van der Waals surface area (Å²) in [6.07, 6.45) is 4.84. The molecule has 5 heteroatoms. The van der Waals surface area contributed by atoms with Crippen LogP contribution in [0.5, 0.6) is 0 Å². The molecule has 0 aliphatic carbocycles. The first kappa shape index (κ1) is 17.1. The SMILES string of the molecule is CC(C)CN1CCCCC1CNC(=O)C1(O)CCSCC1. The van der Waals surface area contributed by atoms with Crippen molar-refractivity contribution < 1.29 is 9.90 Å². The van der Waals surface area contributed by atoms with Crippen LogP contribution in [-0.2, 0) is 4.79 Å². The second-order valence-electron chi connectivity index (χ2n) is 6.89. The normalized spacial score (nSPS) is 26.8. The number of nitrogens with zero attached hydrogens (tertiary/aromatic N) is 1. The predicted octanol–water partition coefficient (Wildman–Crippen LogP) is 1.87. The van der Waals surface area contributed by atoms with E-state index in [1.165, 1.54) is 12.8 Å². The molecule has 0 aromatic rings. The van der Waals surface area contributed by atoms with E-state index in [4.69, 9.17) is 0 Å². The lowest BCUT2D eigenvalue weighted by Crippen LogP contribution is -2.53. The van der Waals surface area contributed by atoms with Crippen LogP contribution in [0.4, 0.5) is 0 Å². The molecule has 0 saturated carbocycles. The number of aliphatic hydroxyl groups is 1. The number of carbonyl (C=O) groups is 1. The van der Waals surface area contributed by atoms with Crippen molar-refractivity contribution in [2.45, 2.75) is 57.6 Å². The van der Waals surface area contributed by atoms with Gasteiger partial charge >= 0.3 is 0 Å². The van der Waals surface area contributed by atoms with Crippen LogP contribution in [0.1, 0.15) is 46.0 Å². The zero-order chi connectivity index (χ0) is 15.3. The van der Waals surface area contributed by atoms with Gasteiger partial charge in [0, 0.05) is 19.1 Å². The van der Waals surface area contributed by atoms with Crippen LogP contribution in [-0.4, -0.2) is 58.7 Å². The highest BCUT2D eigenvalue weighted by atomic mass is 32.2. The highest BCUT2D eigenvalue weighted by Crippen LogP contribution is 2.27. The molecule has 122 valence electrons. The van der Waals surface area contributed by atoms with Crippen LogP contribution in [0.15, 0.2) is 0 Å². The Bertz CT molecular complexity index is 343. The quantitative estimate of drug-likeness (QED) is 0.813. The zero-order valence-corrected chi connectivity index (χ0v) is 14.3. The molecule has 1 unspecified atom stereocenters. The Kier molecular flexibility index (Phi) is 6.38. The Morgan fingerprint density at radius 2 is 2.10 bits per heavy atom. The molecule has 2 rings (SSSR count). The largest absolute Gasteiger partial charge is 0.380 e. The summed E-state index contributed by atoms with van der Waals surface area (Å²) in [4.78, 5) is 14.8. The molecule has 0 radical (unpaired) electrons. The van der Waals surface area contributed by atoms with E-state index in [0.29, 0.717) is 31.3 Å². The summed E-state index contributed by atoms with van der Waals surface area (Å²) in [5.41, 5.74) is -1.12. The molecule has 2 aliphatic rings. The minimum absolute atomic E-state index is 0.155. The van der Waals surface area contributed by atoms with Crippen LogP contribution < -0.4 is 5.32 Å². The summed E-state index contributed by atoms with van der Waals surface area (Å²) in [5.74, 6) is 2.26. The van der Waals surface area contributed by atoms with Gasteiger partial charge in [-0.15, -0.1) is 0 Å². The maximum absolute atomic E-state index is 12.3. The second-order valence-corrected chi connectivity index (χ2v) is 8.12. The smallest absolute Gasteiger partial charge is 0.252 e. The van der Waals surface area contributed by atoms with Crippen LogP contribution in [0.25, 0.3) is 0 Å². The van der Waals surface area contributed by atoms with Crippen molar-refractivity contribution in [3.05, 3.63) is 0 Å². The third-order valence-electron chi connectivity index (χ3n) is 4.59. The Labute approximate surface area is 133 Å². The van der Waals surface area contributed by atoms with Crippen LogP contribution in [0.2, 0.25) is 0 Å². The number of thioether (sulfide) groups is 1. The molecule has 1 atom stereocenters. The van der Waals surface area contributed by atoms with E-state index in [2.05, 4.69) is 24.1 Å². The first-order valence-corrected chi connectivity index (χ1v) is 9.49. The fourth-order valence-electron chi connectivity index (χ4n) is 3.31. The maximum atomic E-state index is 12.3. The van der Waals surface area contributed by atoms with E-state index in [1.54, 1.807) is 0 Å². The highest BCUT2D eigenvalue weighted by molar-refractivity contribution is 7.99. The molecule has 0 aromatic carbocycles. The topological polar surface area (TPSA) is 52.6 Å². The number of rotatable bonds is 5. The third kappa shape index (κ3) is 4.86. The van der Waals surface area contributed by atoms with E-state index >= 15 is 0 Å². The van der Waals surface area contributed by atoms with Crippen molar-refractivity contribution in [1.82, 2.24) is 10.2 Å². The van der Waals surface area contributed by atoms with Crippen molar-refractivity contribution in [1.29, 1.82) is 0 Å². The van der Waals surface area contributed by atoms with Crippen molar-refractivity contribution in [2.75, 3.05) is 31.1 Å². The minimum Gasteiger partial charge on any atom is -0.380 e. The molecular formula is C16H30N2O2S. The maximum Gasteiger partial charge on any atom is 0.252 e. The molecule has 4 nitrogen and oxygen atoms in total. The molecule has 0 aromatic heterocycles. The van der Waals surface area contributed by atoms with Gasteiger partial charge in [-0.2, -0.15) is 11.8 Å². The van der Waals surface area contributed by atoms with Crippen molar-refractivity contribution in [3.63, 3.8) is 0 Å². The van der Waals surface area contributed by atoms with Crippen LogP contribution in [0.3, 0.4) is 0 Å². The van der Waals surface area contributed by atoms with Gasteiger partial charge in [-0.1, -0.05) is 20.3 Å². The molecule has 2 aliphatic heterocycles. The van der Waals surface area contributed by atoms with Crippen LogP contribution >= 0.6 is 11.8 Å². The molecule has 0 bridgehead atoms. The molecule has 2 saturated heterocycles. The molecule has 21 heavy (non-hydrogen) atoms. The van der Waals surface area contributed by atoms with E-state index in [0.717, 1.165) is 31.0 Å². The average molecular weight is 314 g/mol. The summed E-state index contributed by atoms with van der Waals surface area (Å²) in [6.45, 7) is 7.40. The first-order chi connectivity index (χ1) is 10.0. The minimum atomic E-state index is -1.12. The zero-order valence-electron chi connectivity index (χ0n) is 13.4. The van der Waals surface area contributed by atoms with Gasteiger partial charge < -0.3 is 10.4 Å². The van der Waals surface area contributed by atoms with E-state index in [1.807, 2.05) is 11.8 Å². The number of hydrogen-bond donors (Lipinski definition) is 2. The number of hydrogen-bond acceptors (Lipinski definition) is 4. The summed E-state index contributed by atoms with van der Waals surface area (Å²) in [6, 6.07) is 0.437. The van der Waals surface area contributed by atoms with Crippen molar-refractivity contribution in [3.8, 4) is 0 Å². The second kappa shape index (κ2) is 7.84. The van der Waals surface area contributed by atoms with Gasteiger partial charge in [0.15, 0.2) is 0 Å². The van der Waals surface area contributed by atoms with Gasteiger partial charge in [0.1, 0.15) is 5.60 Å². The van der Waals surface area contributed by atoms with Gasteiger partial charge in [0.25, 0.3) is 5.91 Å². The van der Waals surface area contributed by atoms with Gasteiger partial charge in [0.05, 0.1) is 0 Å². The number of nitrogens with one attached hydrogen (secondary N) is 1. The fourth-order valence-corrected chi connectivity index (χ4v) is 4.48. The van der Waals surface area contributed by atoms with Gasteiger partial charge in [-0.05, 0) is 49.7 Å². The predicted molar refractivity (Wildman–Crippen MR) is 88.6 cm³/mol. The Morgan fingerprint density at radius 3 is 2.76 bits per heavy atom. The monoisotopic (exact) mass is 314 g/mol. The summed E-state index contributed by atoms with van der Waals surface area (Å²) in [5, 5.41) is 13.5. The van der Waals surface area contributed by atoms with E-state index < -0.39 is 5.60 Å². The number of carbonyl (C=O) groups excluding carboxylic acids is 1. The summed E-state index contributed by atoms with van der Waals surface area (Å²) >= 11 is 1.82. The molecule has 0 spiro atoms. The number of piperidine rings is 1. The van der Waals surface area contributed by atoms with Crippen molar-refractivity contribution >= 4 is 17.7 Å². The van der Waals surface area contributed by atoms with Gasteiger partial charge in [0.2, 0.25) is 0 Å². The number of likely N-dealkylation sites (tertiary alicyclic amines) is 1. The molecule has 2 N–H and O–H groups in total. The Balaban J connectivity index is 1.83. The lowest BCUT2D eigenvalue weighted by Gasteiger charge is -2.38. The van der Waals surface area contributed by atoms with Crippen LogP contribution in [0, 0.1) is 5.92 Å². The molecule has 2 fully saturated rings. The molecule has 2 heterocycles. The first-order valence-electron chi connectivity index (χ1n) is 8.34.